The topological polar surface area (TPSA) is 72.2 Å². The number of nitrogens with two attached hydrogens (primary N) is 1. The van der Waals surface area contributed by atoms with Crippen LogP contribution in [0.1, 0.15) is 19.8 Å². The van der Waals surface area contributed by atoms with Gasteiger partial charge < -0.3 is 5.73 Å². The molecule has 0 aliphatic heterocycles. The Bertz CT molecular complexity index is 231. The van der Waals surface area contributed by atoms with E-state index in [9.17, 15) is 17.2 Å². The molecule has 3 N–H and O–H groups in total. The fourth-order valence-electron chi connectivity index (χ4n) is 0.831. The summed E-state index contributed by atoms with van der Waals surface area (Å²) >= 11 is 0. The number of alkyl halides is 2. The van der Waals surface area contributed by atoms with Crippen molar-refractivity contribution in [2.75, 3.05) is 6.54 Å². The third kappa shape index (κ3) is 4.49. The molecule has 0 aromatic carbocycles. The van der Waals surface area contributed by atoms with Crippen LogP contribution in [0.25, 0.3) is 0 Å². The minimum Gasteiger partial charge on any atom is -0.330 e. The quantitative estimate of drug-likeness (QED) is 0.668. The largest absolute Gasteiger partial charge is 0.350 e. The first-order valence-electron chi connectivity index (χ1n) is 3.93. The van der Waals surface area contributed by atoms with Crippen molar-refractivity contribution in [3.05, 3.63) is 0 Å². The van der Waals surface area contributed by atoms with Crippen LogP contribution in [0.3, 0.4) is 0 Å². The van der Waals surface area contributed by atoms with E-state index in [-0.39, 0.29) is 6.54 Å². The molecule has 0 aromatic rings. The average molecular weight is 216 g/mol. The zero-order valence-corrected chi connectivity index (χ0v) is 8.15. The van der Waals surface area contributed by atoms with Gasteiger partial charge in [-0.1, -0.05) is 6.92 Å². The molecule has 0 aliphatic rings. The Morgan fingerprint density at radius 2 is 2.00 bits per heavy atom. The summed E-state index contributed by atoms with van der Waals surface area (Å²) in [7, 11) is -4.47. The first kappa shape index (κ1) is 12.7. The molecule has 0 radical (unpaired) electrons. The fourth-order valence-corrected chi connectivity index (χ4v) is 1.68. The molecule has 0 saturated heterocycles. The molecule has 0 fully saturated rings. The maximum atomic E-state index is 11.9. The van der Waals surface area contributed by atoms with Crippen LogP contribution in [0.2, 0.25) is 0 Å². The zero-order chi connectivity index (χ0) is 10.5. The van der Waals surface area contributed by atoms with Gasteiger partial charge in [-0.05, 0) is 19.4 Å². The number of hydrogen-bond donors (Lipinski definition) is 2. The number of halogens is 2. The van der Waals surface area contributed by atoms with Gasteiger partial charge in [-0.25, -0.2) is 13.1 Å². The normalized spacial score (nSPS) is 14.8. The lowest BCUT2D eigenvalue weighted by Gasteiger charge is -2.15. The first-order chi connectivity index (χ1) is 5.94. The second-order valence-electron chi connectivity index (χ2n) is 2.61. The van der Waals surface area contributed by atoms with Crippen LogP contribution in [-0.2, 0) is 10.0 Å². The van der Waals surface area contributed by atoms with Gasteiger partial charge in [0.15, 0.2) is 0 Å². The van der Waals surface area contributed by atoms with Crippen LogP contribution in [0.4, 0.5) is 8.78 Å². The van der Waals surface area contributed by atoms with E-state index in [1.165, 1.54) is 0 Å². The highest BCUT2D eigenvalue weighted by atomic mass is 32.2. The molecule has 4 nitrogen and oxygen atoms in total. The third-order valence-electron chi connectivity index (χ3n) is 1.57. The van der Waals surface area contributed by atoms with Gasteiger partial charge in [0.05, 0.1) is 0 Å². The van der Waals surface area contributed by atoms with Crippen molar-refractivity contribution in [1.29, 1.82) is 0 Å². The van der Waals surface area contributed by atoms with E-state index >= 15 is 0 Å². The van der Waals surface area contributed by atoms with E-state index in [1.807, 2.05) is 4.72 Å². The van der Waals surface area contributed by atoms with Crippen molar-refractivity contribution in [2.24, 2.45) is 5.73 Å². The Hall–Kier alpha value is -0.270. The van der Waals surface area contributed by atoms with Crippen LogP contribution in [0.15, 0.2) is 0 Å². The third-order valence-corrected chi connectivity index (χ3v) is 2.70. The van der Waals surface area contributed by atoms with Gasteiger partial charge in [0, 0.05) is 6.04 Å². The molecule has 0 amide bonds. The predicted molar refractivity (Wildman–Crippen MR) is 45.8 cm³/mol. The summed E-state index contributed by atoms with van der Waals surface area (Å²) in [5.74, 6) is -3.38. The molecule has 0 aliphatic carbocycles. The number of sulfonamides is 1. The molecule has 0 rings (SSSR count). The second kappa shape index (κ2) is 5.46. The number of hydrogen-bond acceptors (Lipinski definition) is 3. The lowest BCUT2D eigenvalue weighted by Crippen LogP contribution is -2.39. The van der Waals surface area contributed by atoms with E-state index in [0.29, 0.717) is 12.8 Å². The smallest absolute Gasteiger partial charge is 0.330 e. The first-order valence-corrected chi connectivity index (χ1v) is 5.48. The van der Waals surface area contributed by atoms with Crippen molar-refractivity contribution in [3.63, 3.8) is 0 Å². The molecule has 0 heterocycles. The van der Waals surface area contributed by atoms with Crippen molar-refractivity contribution in [3.8, 4) is 0 Å². The second-order valence-corrected chi connectivity index (χ2v) is 4.29. The Morgan fingerprint density at radius 1 is 1.46 bits per heavy atom. The molecule has 80 valence electrons. The monoisotopic (exact) mass is 216 g/mol. The number of rotatable bonds is 6. The highest BCUT2D eigenvalue weighted by Crippen LogP contribution is 2.06. The van der Waals surface area contributed by atoms with Gasteiger partial charge in [0.1, 0.15) is 0 Å². The summed E-state index contributed by atoms with van der Waals surface area (Å²) < 4.78 is 47.0. The zero-order valence-electron chi connectivity index (χ0n) is 7.33. The molecule has 7 heteroatoms. The maximum Gasteiger partial charge on any atom is 0.350 e. The highest BCUT2D eigenvalue weighted by molar-refractivity contribution is 7.89. The van der Waals surface area contributed by atoms with Crippen LogP contribution < -0.4 is 10.5 Å². The summed E-state index contributed by atoms with van der Waals surface area (Å²) in [6.07, 6.45) is 0.811. The molecule has 0 saturated carbocycles. The van der Waals surface area contributed by atoms with Crippen molar-refractivity contribution < 1.29 is 17.2 Å². The Labute approximate surface area is 76.5 Å². The lowest BCUT2D eigenvalue weighted by molar-refractivity contribution is 0.231. The summed E-state index contributed by atoms with van der Waals surface area (Å²) in [5.41, 5.74) is 5.18. The van der Waals surface area contributed by atoms with Crippen LogP contribution in [0.5, 0.6) is 0 Å². The molecular weight excluding hydrogens is 202 g/mol. The highest BCUT2D eigenvalue weighted by Gasteiger charge is 2.26. The van der Waals surface area contributed by atoms with E-state index in [0.717, 1.165) is 0 Å². The minimum atomic E-state index is -4.47. The van der Waals surface area contributed by atoms with E-state index in [1.54, 1.807) is 6.92 Å². The van der Waals surface area contributed by atoms with Crippen LogP contribution in [0, 0.1) is 0 Å². The fraction of sp³-hybridized carbons (Fsp3) is 1.00. The van der Waals surface area contributed by atoms with Gasteiger partial charge in [0.2, 0.25) is 0 Å². The summed E-state index contributed by atoms with van der Waals surface area (Å²) in [6.45, 7) is 1.97. The van der Waals surface area contributed by atoms with Crippen molar-refractivity contribution >= 4 is 10.0 Å². The van der Waals surface area contributed by atoms with E-state index in [2.05, 4.69) is 0 Å². The maximum absolute atomic E-state index is 11.9. The lowest BCUT2D eigenvalue weighted by atomic mass is 10.2. The standard InChI is InChI=1S/C6H14F2N2O2S/c1-2-5(3-4-9)10-13(11,12)6(7)8/h5-6,10H,2-4,9H2,1H3. The van der Waals surface area contributed by atoms with E-state index in [4.69, 9.17) is 5.73 Å². The summed E-state index contributed by atoms with van der Waals surface area (Å²) in [6, 6.07) is -0.496. The Balaban J connectivity index is 4.23. The van der Waals surface area contributed by atoms with Gasteiger partial charge in [-0.2, -0.15) is 8.78 Å². The van der Waals surface area contributed by atoms with Crippen LogP contribution >= 0.6 is 0 Å². The van der Waals surface area contributed by atoms with Crippen molar-refractivity contribution in [1.82, 2.24) is 4.72 Å². The molecule has 1 unspecified atom stereocenters. The Morgan fingerprint density at radius 3 is 2.31 bits per heavy atom. The molecule has 0 spiro atoms. The molecular formula is C6H14F2N2O2S. The molecule has 0 bridgehead atoms. The van der Waals surface area contributed by atoms with Gasteiger partial charge >= 0.3 is 5.76 Å². The minimum absolute atomic E-state index is 0.268. The Kier molecular flexibility index (Phi) is 5.34. The van der Waals surface area contributed by atoms with Gasteiger partial charge in [-0.15, -0.1) is 0 Å². The molecule has 1 atom stereocenters. The average Bonchev–Trinajstić information content (AvgIpc) is 2.03. The van der Waals surface area contributed by atoms with Gasteiger partial charge in [0.25, 0.3) is 10.0 Å². The van der Waals surface area contributed by atoms with Crippen molar-refractivity contribution in [2.45, 2.75) is 31.6 Å². The summed E-state index contributed by atoms with van der Waals surface area (Å²) in [4.78, 5) is 0. The van der Waals surface area contributed by atoms with E-state index < -0.39 is 21.8 Å². The van der Waals surface area contributed by atoms with Crippen LogP contribution in [-0.4, -0.2) is 26.8 Å². The SMILES string of the molecule is CCC(CCN)NS(=O)(=O)C(F)F. The summed E-state index contributed by atoms with van der Waals surface area (Å²) in [5, 5.41) is 0. The number of nitrogens with one attached hydrogen (secondary N) is 1. The molecule has 0 aromatic heterocycles. The predicted octanol–water partition coefficient (Wildman–Crippen LogP) is 0.256. The van der Waals surface area contributed by atoms with Gasteiger partial charge in [-0.3, -0.25) is 0 Å². The molecule has 13 heavy (non-hydrogen) atoms.